The van der Waals surface area contributed by atoms with Crippen LogP contribution in [0.3, 0.4) is 0 Å². The highest BCUT2D eigenvalue weighted by Gasteiger charge is 2.22. The van der Waals surface area contributed by atoms with Crippen molar-refractivity contribution >= 4 is 0 Å². The van der Waals surface area contributed by atoms with Gasteiger partial charge in [0.2, 0.25) is 0 Å². The molecule has 2 N–H and O–H groups in total. The molecule has 0 radical (unpaired) electrons. The summed E-state index contributed by atoms with van der Waals surface area (Å²) in [5, 5.41) is 13.4. The molecule has 0 aliphatic rings. The fraction of sp³-hybridized carbons (Fsp3) is 0.308. The third kappa shape index (κ3) is 5.85. The van der Waals surface area contributed by atoms with E-state index in [0.29, 0.717) is 13.1 Å². The molecule has 30 heavy (non-hydrogen) atoms. The lowest BCUT2D eigenvalue weighted by Gasteiger charge is -2.26. The molecule has 0 aromatic heterocycles. The first-order valence-electron chi connectivity index (χ1n) is 10.3. The van der Waals surface area contributed by atoms with Gasteiger partial charge in [-0.2, -0.15) is 0 Å². The zero-order chi connectivity index (χ0) is 21.4. The zero-order valence-corrected chi connectivity index (χ0v) is 18.0. The predicted molar refractivity (Wildman–Crippen MR) is 121 cm³/mol. The van der Waals surface area contributed by atoms with Crippen LogP contribution in [0.15, 0.2) is 78.9 Å². The van der Waals surface area contributed by atoms with Crippen LogP contribution in [0.5, 0.6) is 11.5 Å². The fourth-order valence-electron chi connectivity index (χ4n) is 3.37. The minimum atomic E-state index is -0.580. The Balaban J connectivity index is 1.45. The number of methoxy groups -OCH3 is 1. The molecule has 4 nitrogen and oxygen atoms in total. The molecule has 3 aromatic rings. The van der Waals surface area contributed by atoms with Gasteiger partial charge in [-0.25, -0.2) is 0 Å². The molecule has 0 aliphatic carbocycles. The molecule has 0 saturated heterocycles. The maximum Gasteiger partial charge on any atom is 0.119 e. The minimum absolute atomic E-state index is 0.0787. The first kappa shape index (κ1) is 21.9. The van der Waals surface area contributed by atoms with Crippen LogP contribution >= 0.6 is 0 Å². The van der Waals surface area contributed by atoms with Crippen molar-refractivity contribution in [2.24, 2.45) is 0 Å². The Morgan fingerprint density at radius 2 is 1.43 bits per heavy atom. The molecule has 0 bridgehead atoms. The molecule has 3 rings (SSSR count). The topological polar surface area (TPSA) is 50.7 Å². The molecule has 0 amide bonds. The van der Waals surface area contributed by atoms with E-state index in [1.165, 1.54) is 11.1 Å². The third-order valence-electron chi connectivity index (χ3n) is 5.38. The van der Waals surface area contributed by atoms with Gasteiger partial charge in [-0.3, -0.25) is 0 Å². The molecular weight excluding hydrogens is 374 g/mol. The summed E-state index contributed by atoms with van der Waals surface area (Å²) in [5.74, 6) is 1.60. The second-order valence-electron chi connectivity index (χ2n) is 7.96. The van der Waals surface area contributed by atoms with E-state index in [-0.39, 0.29) is 12.0 Å². The number of rotatable bonds is 10. The molecule has 0 aliphatic heterocycles. The van der Waals surface area contributed by atoms with Gasteiger partial charge in [-0.1, -0.05) is 68.4 Å². The van der Waals surface area contributed by atoms with Gasteiger partial charge in [0.25, 0.3) is 0 Å². The van der Waals surface area contributed by atoms with Crippen LogP contribution in [-0.2, 0) is 12.0 Å². The maximum absolute atomic E-state index is 10.2. The molecule has 0 unspecified atom stereocenters. The van der Waals surface area contributed by atoms with Crippen LogP contribution in [0.25, 0.3) is 0 Å². The normalized spacial score (nSPS) is 12.4. The largest absolute Gasteiger partial charge is 0.497 e. The average molecular weight is 406 g/mol. The highest BCUT2D eigenvalue weighted by Crippen LogP contribution is 2.32. The number of aliphatic hydroxyl groups is 1. The van der Waals surface area contributed by atoms with Crippen LogP contribution < -0.4 is 14.8 Å². The first-order valence-corrected chi connectivity index (χ1v) is 10.3. The van der Waals surface area contributed by atoms with E-state index in [1.807, 2.05) is 42.5 Å². The lowest BCUT2D eigenvalue weighted by molar-refractivity contribution is 0.106. The second-order valence-corrected chi connectivity index (χ2v) is 7.96. The Kier molecular flexibility index (Phi) is 7.50. The van der Waals surface area contributed by atoms with E-state index in [2.05, 4.69) is 55.6 Å². The van der Waals surface area contributed by atoms with Crippen molar-refractivity contribution in [3.63, 3.8) is 0 Å². The molecule has 4 heteroatoms. The number of aliphatic hydroxyl groups excluding tert-OH is 1. The van der Waals surface area contributed by atoms with Crippen molar-refractivity contribution < 1.29 is 14.6 Å². The van der Waals surface area contributed by atoms with Gasteiger partial charge in [0, 0.05) is 18.5 Å². The van der Waals surface area contributed by atoms with Gasteiger partial charge in [-0.15, -0.1) is 0 Å². The van der Waals surface area contributed by atoms with E-state index in [4.69, 9.17) is 9.47 Å². The van der Waals surface area contributed by atoms with Crippen molar-refractivity contribution in [2.45, 2.75) is 31.9 Å². The van der Waals surface area contributed by atoms with Crippen LogP contribution in [0.4, 0.5) is 0 Å². The number of hydrogen-bond donors (Lipinski definition) is 2. The van der Waals surface area contributed by atoms with Crippen molar-refractivity contribution in [3.8, 4) is 11.5 Å². The SMILES string of the molecule is COc1ccc(CNC[C@H](O)COc2ccc(C(C)(C)c3ccccc3)cc2)cc1. The maximum atomic E-state index is 10.2. The summed E-state index contributed by atoms with van der Waals surface area (Å²) in [5.41, 5.74) is 3.56. The van der Waals surface area contributed by atoms with E-state index in [0.717, 1.165) is 17.1 Å². The molecular formula is C26H31NO3. The van der Waals surface area contributed by atoms with Gasteiger partial charge in [0.05, 0.1) is 7.11 Å². The van der Waals surface area contributed by atoms with Crippen LogP contribution in [0, 0.1) is 0 Å². The number of benzene rings is 3. The van der Waals surface area contributed by atoms with Gasteiger partial charge >= 0.3 is 0 Å². The van der Waals surface area contributed by atoms with E-state index < -0.39 is 6.10 Å². The number of hydrogen-bond acceptors (Lipinski definition) is 4. The average Bonchev–Trinajstić information content (AvgIpc) is 2.79. The van der Waals surface area contributed by atoms with Gasteiger partial charge < -0.3 is 19.9 Å². The zero-order valence-electron chi connectivity index (χ0n) is 18.0. The van der Waals surface area contributed by atoms with Crippen LogP contribution in [0.2, 0.25) is 0 Å². The van der Waals surface area contributed by atoms with Crippen LogP contribution in [-0.4, -0.2) is 31.5 Å². The van der Waals surface area contributed by atoms with Gasteiger partial charge in [-0.05, 0) is 41.0 Å². The number of nitrogens with one attached hydrogen (secondary N) is 1. The highest BCUT2D eigenvalue weighted by atomic mass is 16.5. The van der Waals surface area contributed by atoms with Crippen molar-refractivity contribution in [3.05, 3.63) is 95.6 Å². The predicted octanol–water partition coefficient (Wildman–Crippen LogP) is 4.55. The van der Waals surface area contributed by atoms with Crippen molar-refractivity contribution in [1.29, 1.82) is 0 Å². The molecule has 0 saturated carbocycles. The second kappa shape index (κ2) is 10.3. The molecule has 0 fully saturated rings. The summed E-state index contributed by atoms with van der Waals surface area (Å²) in [7, 11) is 1.65. The smallest absolute Gasteiger partial charge is 0.119 e. The lowest BCUT2D eigenvalue weighted by atomic mass is 9.78. The van der Waals surface area contributed by atoms with Crippen LogP contribution in [0.1, 0.15) is 30.5 Å². The van der Waals surface area contributed by atoms with Gasteiger partial charge in [0.1, 0.15) is 24.2 Å². The molecule has 158 valence electrons. The molecule has 0 heterocycles. The Morgan fingerprint density at radius 3 is 2.07 bits per heavy atom. The summed E-state index contributed by atoms with van der Waals surface area (Å²) < 4.78 is 10.9. The Morgan fingerprint density at radius 1 is 0.833 bits per heavy atom. The summed E-state index contributed by atoms with van der Waals surface area (Å²) in [6.45, 7) is 5.83. The Labute approximate surface area is 179 Å². The summed E-state index contributed by atoms with van der Waals surface area (Å²) in [4.78, 5) is 0. The minimum Gasteiger partial charge on any atom is -0.497 e. The molecule has 3 aromatic carbocycles. The highest BCUT2D eigenvalue weighted by molar-refractivity contribution is 5.39. The number of ether oxygens (including phenoxy) is 2. The Hall–Kier alpha value is -2.82. The quantitative estimate of drug-likeness (QED) is 0.520. The summed E-state index contributed by atoms with van der Waals surface area (Å²) in [6, 6.07) is 26.5. The van der Waals surface area contributed by atoms with Crippen molar-refractivity contribution in [1.82, 2.24) is 5.32 Å². The third-order valence-corrected chi connectivity index (χ3v) is 5.38. The molecule has 0 spiro atoms. The standard InChI is InChI=1S/C26H31NO3/c1-26(2,21-7-5-4-6-8-21)22-11-15-25(16-12-22)30-19-23(28)18-27-17-20-9-13-24(29-3)14-10-20/h4-16,23,27-28H,17-19H2,1-3H3/t23-/m0/s1. The lowest BCUT2D eigenvalue weighted by Crippen LogP contribution is -2.31. The summed E-state index contributed by atoms with van der Waals surface area (Å²) in [6.07, 6.45) is -0.580. The Bertz CT molecular complexity index is 890. The fourth-order valence-corrected chi connectivity index (χ4v) is 3.37. The summed E-state index contributed by atoms with van der Waals surface area (Å²) >= 11 is 0. The van der Waals surface area contributed by atoms with Crippen molar-refractivity contribution in [2.75, 3.05) is 20.3 Å². The van der Waals surface area contributed by atoms with E-state index in [1.54, 1.807) is 7.11 Å². The first-order chi connectivity index (χ1) is 14.5. The van der Waals surface area contributed by atoms with E-state index >= 15 is 0 Å². The molecule has 1 atom stereocenters. The van der Waals surface area contributed by atoms with E-state index in [9.17, 15) is 5.11 Å². The van der Waals surface area contributed by atoms with Gasteiger partial charge in [0.15, 0.2) is 0 Å². The monoisotopic (exact) mass is 405 g/mol.